The number of rotatable bonds is 4. The summed E-state index contributed by atoms with van der Waals surface area (Å²) in [5.74, 6) is 0.00947. The highest BCUT2D eigenvalue weighted by Gasteiger charge is 2.27. The molecule has 3 heterocycles. The van der Waals surface area contributed by atoms with E-state index in [9.17, 15) is 4.79 Å². The van der Waals surface area contributed by atoms with Crippen molar-refractivity contribution in [3.05, 3.63) is 77.5 Å². The van der Waals surface area contributed by atoms with Crippen LogP contribution in [0.4, 0.5) is 5.69 Å². The standard InChI is InChI=1S/C26H26N4O2/c1-17-8-10-19(11-9-17)23-16-22(24-18(2)29-32-25(24)28-23)26(31)30-14-12-21(13-15-30)27-20-6-4-3-5-7-20/h3-11,16,21,27H,12-15H2,1-2H3. The lowest BCUT2D eigenvalue weighted by Crippen LogP contribution is -2.42. The molecular weight excluding hydrogens is 400 g/mol. The number of nitrogens with one attached hydrogen (secondary N) is 1. The van der Waals surface area contributed by atoms with Crippen LogP contribution < -0.4 is 5.32 Å². The molecule has 1 fully saturated rings. The number of fused-ring (bicyclic) bond motifs is 1. The second-order valence-electron chi connectivity index (χ2n) is 8.45. The Labute approximate surface area is 187 Å². The van der Waals surface area contributed by atoms with Gasteiger partial charge in [-0.2, -0.15) is 0 Å². The minimum Gasteiger partial charge on any atom is -0.382 e. The van der Waals surface area contributed by atoms with Crippen molar-refractivity contribution in [3.8, 4) is 11.3 Å². The summed E-state index contributed by atoms with van der Waals surface area (Å²) in [6.45, 7) is 5.31. The molecular formula is C26H26N4O2. The minimum atomic E-state index is 0.00947. The molecule has 1 amide bonds. The van der Waals surface area contributed by atoms with E-state index in [1.165, 1.54) is 5.56 Å². The topological polar surface area (TPSA) is 71.3 Å². The number of aromatic nitrogens is 2. The molecule has 6 heteroatoms. The van der Waals surface area contributed by atoms with Crippen LogP contribution in [0, 0.1) is 13.8 Å². The lowest BCUT2D eigenvalue weighted by atomic mass is 10.0. The number of piperidine rings is 1. The number of anilines is 1. The Morgan fingerprint density at radius 1 is 1.03 bits per heavy atom. The summed E-state index contributed by atoms with van der Waals surface area (Å²) >= 11 is 0. The van der Waals surface area contributed by atoms with Crippen LogP contribution in [0.3, 0.4) is 0 Å². The van der Waals surface area contributed by atoms with Crippen molar-refractivity contribution in [1.82, 2.24) is 15.0 Å². The molecule has 2 aromatic heterocycles. The van der Waals surface area contributed by atoms with E-state index >= 15 is 0 Å². The van der Waals surface area contributed by atoms with Crippen molar-refractivity contribution in [2.45, 2.75) is 32.7 Å². The maximum atomic E-state index is 13.6. The number of benzene rings is 2. The predicted octanol–water partition coefficient (Wildman–Crippen LogP) is 5.22. The number of carbonyl (C=O) groups excluding carboxylic acids is 1. The van der Waals surface area contributed by atoms with Crippen molar-refractivity contribution >= 4 is 22.7 Å². The van der Waals surface area contributed by atoms with Gasteiger partial charge in [0.1, 0.15) is 0 Å². The summed E-state index contributed by atoms with van der Waals surface area (Å²) in [7, 11) is 0. The molecule has 0 aliphatic carbocycles. The highest BCUT2D eigenvalue weighted by molar-refractivity contribution is 6.07. The van der Waals surface area contributed by atoms with Gasteiger partial charge in [-0.15, -0.1) is 0 Å². The van der Waals surface area contributed by atoms with Gasteiger partial charge in [0.25, 0.3) is 11.6 Å². The number of likely N-dealkylation sites (tertiary alicyclic amines) is 1. The highest BCUT2D eigenvalue weighted by Crippen LogP contribution is 2.29. The zero-order valence-corrected chi connectivity index (χ0v) is 18.3. The van der Waals surface area contributed by atoms with Gasteiger partial charge in [-0.1, -0.05) is 53.2 Å². The Morgan fingerprint density at radius 3 is 2.47 bits per heavy atom. The van der Waals surface area contributed by atoms with Crippen LogP contribution in [0.25, 0.3) is 22.4 Å². The molecule has 5 rings (SSSR count). The van der Waals surface area contributed by atoms with Crippen LogP contribution in [0.5, 0.6) is 0 Å². The molecule has 0 atom stereocenters. The molecule has 0 unspecified atom stereocenters. The van der Waals surface area contributed by atoms with E-state index < -0.39 is 0 Å². The number of para-hydroxylation sites is 1. The van der Waals surface area contributed by atoms with Gasteiger partial charge < -0.3 is 14.7 Å². The van der Waals surface area contributed by atoms with Crippen LogP contribution in [0.15, 0.2) is 65.2 Å². The highest BCUT2D eigenvalue weighted by atomic mass is 16.5. The minimum absolute atomic E-state index is 0.00947. The maximum Gasteiger partial charge on any atom is 0.259 e. The summed E-state index contributed by atoms with van der Waals surface area (Å²) in [6.07, 6.45) is 1.81. The predicted molar refractivity (Wildman–Crippen MR) is 126 cm³/mol. The van der Waals surface area contributed by atoms with Crippen LogP contribution in [-0.2, 0) is 0 Å². The zero-order valence-electron chi connectivity index (χ0n) is 18.3. The summed E-state index contributed by atoms with van der Waals surface area (Å²) in [5, 5.41) is 8.35. The van der Waals surface area contributed by atoms with Crippen LogP contribution in [0.2, 0.25) is 0 Å². The van der Waals surface area contributed by atoms with E-state index in [0.717, 1.165) is 29.8 Å². The van der Waals surface area contributed by atoms with Gasteiger partial charge in [0.15, 0.2) is 0 Å². The molecule has 32 heavy (non-hydrogen) atoms. The average Bonchev–Trinajstić information content (AvgIpc) is 3.20. The van der Waals surface area contributed by atoms with Crippen molar-refractivity contribution in [2.75, 3.05) is 18.4 Å². The molecule has 1 saturated heterocycles. The van der Waals surface area contributed by atoms with Crippen molar-refractivity contribution in [1.29, 1.82) is 0 Å². The molecule has 4 aromatic rings. The monoisotopic (exact) mass is 426 g/mol. The van der Waals surface area contributed by atoms with Gasteiger partial charge in [0.05, 0.1) is 22.3 Å². The molecule has 0 radical (unpaired) electrons. The van der Waals surface area contributed by atoms with E-state index in [0.29, 0.717) is 41.5 Å². The summed E-state index contributed by atoms with van der Waals surface area (Å²) in [5.41, 5.74) is 5.67. The SMILES string of the molecule is Cc1ccc(-c2cc(C(=O)N3CCC(Nc4ccccc4)CC3)c3c(C)noc3n2)cc1. The summed E-state index contributed by atoms with van der Waals surface area (Å²) in [4.78, 5) is 20.1. The van der Waals surface area contributed by atoms with E-state index in [2.05, 4.69) is 27.6 Å². The van der Waals surface area contributed by atoms with Gasteiger partial charge >= 0.3 is 0 Å². The van der Waals surface area contributed by atoms with Crippen LogP contribution >= 0.6 is 0 Å². The quantitative estimate of drug-likeness (QED) is 0.484. The second-order valence-corrected chi connectivity index (χ2v) is 8.45. The lowest BCUT2D eigenvalue weighted by Gasteiger charge is -2.33. The Bertz CT molecular complexity index is 1240. The van der Waals surface area contributed by atoms with Crippen molar-refractivity contribution in [2.24, 2.45) is 0 Å². The molecule has 0 bridgehead atoms. The first-order valence-corrected chi connectivity index (χ1v) is 11.0. The third kappa shape index (κ3) is 3.96. The Morgan fingerprint density at radius 2 is 1.75 bits per heavy atom. The first kappa shape index (κ1) is 20.2. The fraction of sp³-hybridized carbons (Fsp3) is 0.269. The van der Waals surface area contributed by atoms with Gasteiger partial charge in [-0.3, -0.25) is 4.79 Å². The first-order valence-electron chi connectivity index (χ1n) is 11.0. The van der Waals surface area contributed by atoms with Crippen LogP contribution in [-0.4, -0.2) is 40.1 Å². The molecule has 0 saturated carbocycles. The molecule has 1 aliphatic rings. The first-order chi connectivity index (χ1) is 15.6. The molecule has 2 aromatic carbocycles. The molecule has 1 N–H and O–H groups in total. The molecule has 0 spiro atoms. The Kier molecular flexibility index (Phi) is 5.35. The second kappa shape index (κ2) is 8.46. The third-order valence-corrected chi connectivity index (χ3v) is 6.12. The number of pyridine rings is 1. The number of aryl methyl sites for hydroxylation is 2. The van der Waals surface area contributed by atoms with Gasteiger partial charge in [-0.25, -0.2) is 4.98 Å². The number of hydrogen-bond donors (Lipinski definition) is 1. The zero-order chi connectivity index (χ0) is 22.1. The van der Waals surface area contributed by atoms with E-state index in [1.54, 1.807) is 0 Å². The molecule has 162 valence electrons. The fourth-order valence-corrected chi connectivity index (χ4v) is 4.30. The number of hydrogen-bond acceptors (Lipinski definition) is 5. The third-order valence-electron chi connectivity index (χ3n) is 6.12. The average molecular weight is 427 g/mol. The largest absolute Gasteiger partial charge is 0.382 e. The fourth-order valence-electron chi connectivity index (χ4n) is 4.30. The number of carbonyl (C=O) groups is 1. The lowest BCUT2D eigenvalue weighted by molar-refractivity contribution is 0.0720. The van der Waals surface area contributed by atoms with Crippen molar-refractivity contribution < 1.29 is 9.32 Å². The number of amides is 1. The summed E-state index contributed by atoms with van der Waals surface area (Å²) < 4.78 is 5.45. The Balaban J connectivity index is 1.39. The Hall–Kier alpha value is -3.67. The van der Waals surface area contributed by atoms with Crippen LogP contribution in [0.1, 0.15) is 34.5 Å². The van der Waals surface area contributed by atoms with Gasteiger partial charge in [0, 0.05) is 30.4 Å². The molecule has 6 nitrogen and oxygen atoms in total. The normalized spacial score (nSPS) is 14.6. The van der Waals surface area contributed by atoms with Gasteiger partial charge in [0.2, 0.25) is 0 Å². The summed E-state index contributed by atoms with van der Waals surface area (Å²) in [6, 6.07) is 20.6. The number of nitrogens with zero attached hydrogens (tertiary/aromatic N) is 3. The van der Waals surface area contributed by atoms with E-state index in [-0.39, 0.29) is 5.91 Å². The van der Waals surface area contributed by atoms with E-state index in [4.69, 9.17) is 4.52 Å². The maximum absolute atomic E-state index is 13.6. The molecule has 1 aliphatic heterocycles. The van der Waals surface area contributed by atoms with E-state index in [1.807, 2.05) is 67.3 Å². The van der Waals surface area contributed by atoms with Crippen molar-refractivity contribution in [3.63, 3.8) is 0 Å². The smallest absolute Gasteiger partial charge is 0.259 e. The van der Waals surface area contributed by atoms with Gasteiger partial charge in [-0.05, 0) is 44.9 Å².